The second-order valence-corrected chi connectivity index (χ2v) is 10.6. The zero-order valence-electron chi connectivity index (χ0n) is 22.4. The maximum Gasteiger partial charge on any atom is 0.286 e. The van der Waals surface area contributed by atoms with Crippen LogP contribution in [0.2, 0.25) is 0 Å². The van der Waals surface area contributed by atoms with Crippen molar-refractivity contribution in [3.63, 3.8) is 0 Å². The van der Waals surface area contributed by atoms with Crippen LogP contribution in [-0.2, 0) is 29.0 Å². The summed E-state index contributed by atoms with van der Waals surface area (Å²) >= 11 is 0. The predicted octanol–water partition coefficient (Wildman–Crippen LogP) is 1.88. The quantitative estimate of drug-likeness (QED) is 0.311. The molecule has 11 nitrogen and oxygen atoms in total. The zero-order chi connectivity index (χ0) is 28.3. The lowest BCUT2D eigenvalue weighted by Gasteiger charge is -2.30. The summed E-state index contributed by atoms with van der Waals surface area (Å²) in [6, 6.07) is 13.5. The van der Waals surface area contributed by atoms with E-state index in [-0.39, 0.29) is 42.9 Å². The van der Waals surface area contributed by atoms with Crippen molar-refractivity contribution >= 4 is 15.9 Å². The van der Waals surface area contributed by atoms with Crippen molar-refractivity contribution in [1.82, 2.24) is 9.62 Å². The molecule has 1 amide bonds. The Bertz CT molecular complexity index is 1180. The highest BCUT2D eigenvalue weighted by molar-refractivity contribution is 7.89. The van der Waals surface area contributed by atoms with Crippen molar-refractivity contribution in [3.05, 3.63) is 65.9 Å². The summed E-state index contributed by atoms with van der Waals surface area (Å²) < 4.78 is 54.6. The number of methoxy groups -OCH3 is 3. The Morgan fingerprint density at radius 3 is 2.23 bits per heavy atom. The summed E-state index contributed by atoms with van der Waals surface area (Å²) in [5.74, 6) is 0.766. The third kappa shape index (κ3) is 8.41. The Morgan fingerprint density at radius 1 is 1.00 bits per heavy atom. The van der Waals surface area contributed by atoms with E-state index in [4.69, 9.17) is 23.7 Å². The Balaban J connectivity index is 1.71. The van der Waals surface area contributed by atoms with Crippen LogP contribution < -0.4 is 14.8 Å². The van der Waals surface area contributed by atoms with Crippen LogP contribution in [0.25, 0.3) is 0 Å². The van der Waals surface area contributed by atoms with Crippen molar-refractivity contribution < 1.29 is 42.0 Å². The highest BCUT2D eigenvalue weighted by Gasteiger charge is 2.30. The molecule has 0 fully saturated rings. The maximum absolute atomic E-state index is 13.2. The minimum Gasteiger partial charge on any atom is -0.497 e. The molecule has 214 valence electrons. The van der Waals surface area contributed by atoms with E-state index in [1.54, 1.807) is 32.4 Å². The number of carbonyl (C=O) groups excluding carboxylic acids is 1. The van der Waals surface area contributed by atoms with E-state index in [1.807, 2.05) is 24.3 Å². The molecule has 0 saturated heterocycles. The minimum absolute atomic E-state index is 0.0199. The smallest absolute Gasteiger partial charge is 0.286 e. The molecular formula is C27H36N2O9S. The zero-order valence-corrected chi connectivity index (χ0v) is 23.2. The first kappa shape index (κ1) is 30.4. The Kier molecular flexibility index (Phi) is 11.6. The summed E-state index contributed by atoms with van der Waals surface area (Å²) in [6.45, 7) is 0.154. The third-order valence-electron chi connectivity index (χ3n) is 6.11. The molecule has 0 aliphatic carbocycles. The van der Waals surface area contributed by atoms with Gasteiger partial charge in [0.25, 0.3) is 5.91 Å². The van der Waals surface area contributed by atoms with Crippen molar-refractivity contribution in [3.8, 4) is 11.5 Å². The molecule has 0 unspecified atom stereocenters. The first-order chi connectivity index (χ1) is 18.8. The summed E-state index contributed by atoms with van der Waals surface area (Å²) in [5.41, 5.74) is 0.943. The van der Waals surface area contributed by atoms with Crippen LogP contribution in [0.4, 0.5) is 0 Å². The number of aliphatic hydroxyl groups is 1. The van der Waals surface area contributed by atoms with E-state index < -0.39 is 22.2 Å². The molecule has 1 aliphatic rings. The average molecular weight is 565 g/mol. The molecule has 12 heteroatoms. The van der Waals surface area contributed by atoms with E-state index in [1.165, 1.54) is 19.2 Å². The van der Waals surface area contributed by atoms with Crippen LogP contribution >= 0.6 is 0 Å². The molecule has 2 aromatic rings. The molecule has 39 heavy (non-hydrogen) atoms. The van der Waals surface area contributed by atoms with Crippen LogP contribution in [-0.4, -0.2) is 90.8 Å². The number of hydrogen-bond donors (Lipinski definition) is 2. The largest absolute Gasteiger partial charge is 0.497 e. The number of amides is 1. The molecule has 2 N–H and O–H groups in total. The van der Waals surface area contributed by atoms with Gasteiger partial charge in [-0.15, -0.1) is 0 Å². The number of aliphatic hydroxyl groups excluding tert-OH is 1. The topological polar surface area (TPSA) is 133 Å². The first-order valence-electron chi connectivity index (χ1n) is 12.5. The van der Waals surface area contributed by atoms with E-state index in [2.05, 4.69) is 5.32 Å². The van der Waals surface area contributed by atoms with Gasteiger partial charge in [-0.25, -0.2) is 8.42 Å². The summed E-state index contributed by atoms with van der Waals surface area (Å²) in [4.78, 5) is 12.8. The fourth-order valence-electron chi connectivity index (χ4n) is 4.00. The van der Waals surface area contributed by atoms with Gasteiger partial charge in [0.2, 0.25) is 16.3 Å². The van der Waals surface area contributed by atoms with E-state index in [9.17, 15) is 18.3 Å². The molecule has 0 spiro atoms. The summed E-state index contributed by atoms with van der Waals surface area (Å²) in [6.07, 6.45) is 1.35. The molecule has 0 aromatic heterocycles. The third-order valence-corrected chi connectivity index (χ3v) is 8.02. The first-order valence-corrected chi connectivity index (χ1v) is 13.9. The van der Waals surface area contributed by atoms with E-state index >= 15 is 0 Å². The normalized spacial score (nSPS) is 17.3. The van der Waals surface area contributed by atoms with Crippen LogP contribution in [0.15, 0.2) is 65.3 Å². The Hall–Kier alpha value is -3.16. The van der Waals surface area contributed by atoms with E-state index in [0.717, 1.165) is 9.87 Å². The molecule has 0 bridgehead atoms. The highest BCUT2D eigenvalue weighted by Crippen LogP contribution is 2.32. The number of sulfonamides is 1. The summed E-state index contributed by atoms with van der Waals surface area (Å²) in [5, 5.41) is 12.2. The lowest BCUT2D eigenvalue weighted by atomic mass is 9.93. The second kappa shape index (κ2) is 14.8. The van der Waals surface area contributed by atoms with Crippen LogP contribution in [0.5, 0.6) is 11.5 Å². The average Bonchev–Trinajstić information content (AvgIpc) is 2.96. The fraction of sp³-hybridized carbons (Fsp3) is 0.444. The lowest BCUT2D eigenvalue weighted by Crippen LogP contribution is -2.38. The van der Waals surface area contributed by atoms with Crippen molar-refractivity contribution in [1.29, 1.82) is 0 Å². The molecule has 0 saturated carbocycles. The Labute approximate surface area is 229 Å². The van der Waals surface area contributed by atoms with Crippen molar-refractivity contribution in [2.45, 2.75) is 23.5 Å². The second-order valence-electron chi connectivity index (χ2n) is 8.62. The maximum atomic E-state index is 13.2. The van der Waals surface area contributed by atoms with E-state index in [0.29, 0.717) is 31.1 Å². The van der Waals surface area contributed by atoms with Gasteiger partial charge in [-0.05, 0) is 48.0 Å². The Morgan fingerprint density at radius 2 is 1.64 bits per heavy atom. The van der Waals surface area contributed by atoms with Crippen LogP contribution in [0.3, 0.4) is 0 Å². The number of benzene rings is 2. The SMILES string of the molecule is COCCNC(=O)C1=C[C@@H](c2ccc(OC)cc2)C[C@@H](OCCN(CCO)S(=O)(=O)c2ccc(OC)cc2)O1. The molecular weight excluding hydrogens is 528 g/mol. The van der Waals surface area contributed by atoms with Gasteiger partial charge in [0.05, 0.1) is 38.9 Å². The van der Waals surface area contributed by atoms with Crippen molar-refractivity contribution in [2.24, 2.45) is 0 Å². The number of allylic oxidation sites excluding steroid dienone is 1. The highest BCUT2D eigenvalue weighted by atomic mass is 32.2. The van der Waals surface area contributed by atoms with Crippen molar-refractivity contribution in [2.75, 3.05) is 60.8 Å². The predicted molar refractivity (Wildman–Crippen MR) is 143 cm³/mol. The molecule has 3 rings (SSSR count). The number of nitrogens with zero attached hydrogens (tertiary/aromatic N) is 1. The monoisotopic (exact) mass is 564 g/mol. The number of carbonyl (C=O) groups is 1. The number of nitrogens with one attached hydrogen (secondary N) is 1. The van der Waals surface area contributed by atoms with Crippen LogP contribution in [0.1, 0.15) is 17.9 Å². The molecule has 1 aliphatic heterocycles. The van der Waals surface area contributed by atoms with Gasteiger partial charge in [0, 0.05) is 39.1 Å². The van der Waals surface area contributed by atoms with Gasteiger partial charge in [-0.3, -0.25) is 4.79 Å². The van der Waals surface area contributed by atoms with Gasteiger partial charge < -0.3 is 34.1 Å². The van der Waals surface area contributed by atoms with Gasteiger partial charge in [0.1, 0.15) is 11.5 Å². The molecule has 2 aromatic carbocycles. The number of ether oxygens (including phenoxy) is 5. The van der Waals surface area contributed by atoms with Gasteiger partial charge >= 0.3 is 0 Å². The standard InChI is InChI=1S/C27H36N2O9S/c1-34-16-12-28-27(31)25-18-21(20-4-6-22(35-2)7-5-20)19-26(38-25)37-17-14-29(13-15-30)39(32,33)24-10-8-23(36-3)9-11-24/h4-11,18,21,26,30H,12-17,19H2,1-3H3,(H,28,31)/t21-,26+/m1/s1. The molecule has 0 radical (unpaired) electrons. The number of rotatable bonds is 15. The lowest BCUT2D eigenvalue weighted by molar-refractivity contribution is -0.146. The molecule has 2 atom stereocenters. The summed E-state index contributed by atoms with van der Waals surface area (Å²) in [7, 11) is 0.735. The minimum atomic E-state index is -3.89. The molecule has 1 heterocycles. The van der Waals surface area contributed by atoms with Gasteiger partial charge in [-0.1, -0.05) is 12.1 Å². The van der Waals surface area contributed by atoms with Crippen LogP contribution in [0, 0.1) is 0 Å². The fourth-order valence-corrected chi connectivity index (χ4v) is 5.42. The van der Waals surface area contributed by atoms with Gasteiger partial charge in [-0.2, -0.15) is 4.31 Å². The number of hydrogen-bond acceptors (Lipinski definition) is 9. The van der Waals surface area contributed by atoms with Gasteiger partial charge in [0.15, 0.2) is 5.76 Å².